The molecule has 1 atom stereocenters. The van der Waals surface area contributed by atoms with E-state index in [9.17, 15) is 4.79 Å². The van der Waals surface area contributed by atoms with Gasteiger partial charge in [0.2, 0.25) is 5.91 Å². The van der Waals surface area contributed by atoms with E-state index < -0.39 is 5.25 Å². The molecule has 4 aromatic rings. The molecule has 0 saturated carbocycles. The quantitative estimate of drug-likeness (QED) is 0.403. The highest BCUT2D eigenvalue weighted by Crippen LogP contribution is 2.30. The van der Waals surface area contributed by atoms with Gasteiger partial charge in [0.1, 0.15) is 0 Å². The molecule has 0 bridgehead atoms. The smallest absolute Gasteiger partial charge is 0.237 e. The highest BCUT2D eigenvalue weighted by Gasteiger charge is 2.21. The van der Waals surface area contributed by atoms with Gasteiger partial charge in [0.15, 0.2) is 11.0 Å². The standard InChI is InChI=1S/C23H19N5OS2/c1-16(22(29)25-19-10-5-9-18(13-19)14-24)31-23-27-26-21(20-11-6-12-30-20)28(23)15-17-7-3-2-4-8-17/h2-13,16H,15H2,1H3,(H,25,29). The summed E-state index contributed by atoms with van der Waals surface area (Å²) in [6.07, 6.45) is 0. The topological polar surface area (TPSA) is 83.6 Å². The van der Waals surface area contributed by atoms with Gasteiger partial charge in [-0.15, -0.1) is 21.5 Å². The van der Waals surface area contributed by atoms with Crippen molar-refractivity contribution in [2.24, 2.45) is 0 Å². The number of rotatable bonds is 7. The van der Waals surface area contributed by atoms with Crippen LogP contribution in [0.25, 0.3) is 10.7 Å². The Hall–Kier alpha value is -3.41. The summed E-state index contributed by atoms with van der Waals surface area (Å²) in [7, 11) is 0. The van der Waals surface area contributed by atoms with Crippen molar-refractivity contribution in [2.75, 3.05) is 5.32 Å². The number of thioether (sulfide) groups is 1. The number of nitrogens with one attached hydrogen (secondary N) is 1. The van der Waals surface area contributed by atoms with E-state index in [-0.39, 0.29) is 5.91 Å². The molecule has 1 unspecified atom stereocenters. The van der Waals surface area contributed by atoms with Gasteiger partial charge in [-0.3, -0.25) is 9.36 Å². The first-order valence-corrected chi connectivity index (χ1v) is 11.4. The van der Waals surface area contributed by atoms with Crippen LogP contribution in [-0.4, -0.2) is 25.9 Å². The Morgan fingerprint density at radius 3 is 2.74 bits per heavy atom. The van der Waals surface area contributed by atoms with Gasteiger partial charge in [-0.25, -0.2) is 0 Å². The van der Waals surface area contributed by atoms with Crippen LogP contribution in [0.1, 0.15) is 18.1 Å². The predicted octanol–water partition coefficient (Wildman–Crippen LogP) is 5.05. The number of nitriles is 1. The van der Waals surface area contributed by atoms with Gasteiger partial charge < -0.3 is 5.32 Å². The summed E-state index contributed by atoms with van der Waals surface area (Å²) in [5.41, 5.74) is 2.23. The molecule has 2 aromatic heterocycles. The zero-order chi connectivity index (χ0) is 21.6. The predicted molar refractivity (Wildman–Crippen MR) is 124 cm³/mol. The van der Waals surface area contributed by atoms with E-state index in [4.69, 9.17) is 5.26 Å². The third kappa shape index (κ3) is 5.02. The number of hydrogen-bond acceptors (Lipinski definition) is 6. The monoisotopic (exact) mass is 445 g/mol. The van der Waals surface area contributed by atoms with E-state index in [0.29, 0.717) is 23.0 Å². The van der Waals surface area contributed by atoms with E-state index in [1.54, 1.807) is 35.6 Å². The lowest BCUT2D eigenvalue weighted by molar-refractivity contribution is -0.115. The number of thiophene rings is 1. The van der Waals surface area contributed by atoms with Gasteiger partial charge in [-0.2, -0.15) is 5.26 Å². The van der Waals surface area contributed by atoms with Crippen LogP contribution in [0.5, 0.6) is 0 Å². The third-order valence-corrected chi connectivity index (χ3v) is 6.50. The average Bonchev–Trinajstić information content (AvgIpc) is 3.45. The molecule has 4 rings (SSSR count). The summed E-state index contributed by atoms with van der Waals surface area (Å²) in [6, 6.07) is 23.1. The molecular formula is C23H19N5OS2. The molecule has 31 heavy (non-hydrogen) atoms. The Morgan fingerprint density at radius 1 is 1.16 bits per heavy atom. The number of benzene rings is 2. The van der Waals surface area contributed by atoms with Crippen LogP contribution in [0.15, 0.2) is 77.3 Å². The number of carbonyl (C=O) groups excluding carboxylic acids is 1. The van der Waals surface area contributed by atoms with Crippen LogP contribution in [0, 0.1) is 11.3 Å². The normalized spacial score (nSPS) is 11.6. The fourth-order valence-electron chi connectivity index (χ4n) is 2.99. The first-order valence-electron chi connectivity index (χ1n) is 9.63. The van der Waals surface area contributed by atoms with Gasteiger partial charge in [0, 0.05) is 5.69 Å². The van der Waals surface area contributed by atoms with Crippen LogP contribution in [0.4, 0.5) is 5.69 Å². The summed E-state index contributed by atoms with van der Waals surface area (Å²) >= 11 is 2.97. The van der Waals surface area contributed by atoms with E-state index in [1.807, 2.05) is 47.2 Å². The molecule has 1 N–H and O–H groups in total. The molecule has 2 aromatic carbocycles. The van der Waals surface area contributed by atoms with Gasteiger partial charge >= 0.3 is 0 Å². The number of anilines is 1. The minimum atomic E-state index is -0.402. The summed E-state index contributed by atoms with van der Waals surface area (Å²) < 4.78 is 2.05. The number of aromatic nitrogens is 3. The zero-order valence-electron chi connectivity index (χ0n) is 16.7. The average molecular weight is 446 g/mol. The zero-order valence-corrected chi connectivity index (χ0v) is 18.4. The maximum Gasteiger partial charge on any atom is 0.237 e. The molecule has 8 heteroatoms. The molecule has 6 nitrogen and oxygen atoms in total. The minimum Gasteiger partial charge on any atom is -0.325 e. The SMILES string of the molecule is CC(Sc1nnc(-c2cccs2)n1Cc1ccccc1)C(=O)Nc1cccc(C#N)c1. The van der Waals surface area contributed by atoms with Crippen molar-refractivity contribution in [1.29, 1.82) is 5.26 Å². The van der Waals surface area contributed by atoms with Crippen molar-refractivity contribution in [3.8, 4) is 16.8 Å². The molecule has 0 radical (unpaired) electrons. The van der Waals surface area contributed by atoms with E-state index in [1.165, 1.54) is 11.8 Å². The highest BCUT2D eigenvalue weighted by molar-refractivity contribution is 8.00. The van der Waals surface area contributed by atoms with Crippen molar-refractivity contribution in [3.05, 3.63) is 83.2 Å². The van der Waals surface area contributed by atoms with Gasteiger partial charge in [-0.1, -0.05) is 54.2 Å². The fraction of sp³-hybridized carbons (Fsp3) is 0.130. The van der Waals surface area contributed by atoms with Crippen LogP contribution in [0.2, 0.25) is 0 Å². The maximum atomic E-state index is 12.8. The lowest BCUT2D eigenvalue weighted by Crippen LogP contribution is -2.23. The third-order valence-electron chi connectivity index (χ3n) is 4.55. The molecule has 0 aliphatic carbocycles. The molecule has 154 valence electrons. The second-order valence-corrected chi connectivity index (χ2v) is 9.05. The molecule has 1 amide bonds. The van der Waals surface area contributed by atoms with Crippen molar-refractivity contribution < 1.29 is 4.79 Å². The number of carbonyl (C=O) groups is 1. The largest absolute Gasteiger partial charge is 0.325 e. The summed E-state index contributed by atoms with van der Waals surface area (Å²) in [4.78, 5) is 13.8. The summed E-state index contributed by atoms with van der Waals surface area (Å²) in [5, 5.41) is 23.0. The lowest BCUT2D eigenvalue weighted by Gasteiger charge is -2.14. The Labute approximate surface area is 188 Å². The van der Waals surface area contributed by atoms with E-state index in [2.05, 4.69) is 33.7 Å². The van der Waals surface area contributed by atoms with E-state index >= 15 is 0 Å². The lowest BCUT2D eigenvalue weighted by atomic mass is 10.2. The Morgan fingerprint density at radius 2 is 2.00 bits per heavy atom. The number of hydrogen-bond donors (Lipinski definition) is 1. The molecule has 0 aliphatic heterocycles. The maximum absolute atomic E-state index is 12.8. The second kappa shape index (κ2) is 9.60. The molecule has 0 aliphatic rings. The van der Waals surface area contributed by atoms with Crippen molar-refractivity contribution in [1.82, 2.24) is 14.8 Å². The summed E-state index contributed by atoms with van der Waals surface area (Å²) in [5.74, 6) is 0.628. The van der Waals surface area contributed by atoms with Gasteiger partial charge in [0.25, 0.3) is 0 Å². The second-order valence-electron chi connectivity index (χ2n) is 6.80. The molecular weight excluding hydrogens is 426 g/mol. The summed E-state index contributed by atoms with van der Waals surface area (Å²) in [6.45, 7) is 2.45. The number of amides is 1. The van der Waals surface area contributed by atoms with Crippen LogP contribution in [0.3, 0.4) is 0 Å². The Kier molecular flexibility index (Phi) is 6.46. The van der Waals surface area contributed by atoms with Crippen LogP contribution >= 0.6 is 23.1 Å². The fourth-order valence-corrected chi connectivity index (χ4v) is 4.56. The molecule has 0 spiro atoms. The van der Waals surface area contributed by atoms with Crippen molar-refractivity contribution in [3.63, 3.8) is 0 Å². The van der Waals surface area contributed by atoms with Crippen molar-refractivity contribution in [2.45, 2.75) is 23.9 Å². The van der Waals surface area contributed by atoms with Crippen LogP contribution < -0.4 is 5.32 Å². The first kappa shape index (κ1) is 20.8. The van der Waals surface area contributed by atoms with Crippen molar-refractivity contribution >= 4 is 34.7 Å². The van der Waals surface area contributed by atoms with Gasteiger partial charge in [-0.05, 0) is 42.1 Å². The number of nitrogens with zero attached hydrogens (tertiary/aromatic N) is 4. The molecule has 0 saturated heterocycles. The van der Waals surface area contributed by atoms with E-state index in [0.717, 1.165) is 16.3 Å². The molecule has 2 heterocycles. The molecule has 0 fully saturated rings. The Bertz CT molecular complexity index is 1210. The Balaban J connectivity index is 1.55. The first-order chi connectivity index (χ1) is 15.1. The van der Waals surface area contributed by atoms with Crippen LogP contribution in [-0.2, 0) is 11.3 Å². The van der Waals surface area contributed by atoms with Gasteiger partial charge in [0.05, 0.1) is 28.3 Å². The minimum absolute atomic E-state index is 0.160. The highest BCUT2D eigenvalue weighted by atomic mass is 32.2.